The van der Waals surface area contributed by atoms with E-state index in [0.717, 1.165) is 0 Å². The summed E-state index contributed by atoms with van der Waals surface area (Å²) in [4.78, 5) is 27.8. The van der Waals surface area contributed by atoms with Crippen LogP contribution in [0.25, 0.3) is 6.08 Å². The second kappa shape index (κ2) is 8.23. The van der Waals surface area contributed by atoms with Crippen LogP contribution in [0.4, 0.5) is 0 Å². The molecule has 0 saturated heterocycles. The van der Waals surface area contributed by atoms with E-state index in [1.54, 1.807) is 26.8 Å². The lowest BCUT2D eigenvalue weighted by Gasteiger charge is -2.05. The molecule has 1 aromatic heterocycles. The molecule has 0 radical (unpaired) electrons. The molecule has 0 aliphatic carbocycles. The zero-order chi connectivity index (χ0) is 20.1. The fraction of sp³-hybridized carbons (Fsp3) is 0.250. The molecule has 7 nitrogen and oxygen atoms in total. The van der Waals surface area contributed by atoms with Gasteiger partial charge < -0.3 is 19.6 Å². The summed E-state index contributed by atoms with van der Waals surface area (Å²) in [6.07, 6.45) is 1.39. The summed E-state index contributed by atoms with van der Waals surface area (Å²) in [5, 5.41) is 19.1. The maximum Gasteiger partial charge on any atom is 0.340 e. The lowest BCUT2D eigenvalue weighted by molar-refractivity contribution is 0.0525. The van der Waals surface area contributed by atoms with Gasteiger partial charge in [0.2, 0.25) is 5.78 Å². The van der Waals surface area contributed by atoms with Crippen LogP contribution in [-0.4, -0.2) is 35.6 Å². The maximum atomic E-state index is 12.8. The summed E-state index contributed by atoms with van der Waals surface area (Å²) in [5.41, 5.74) is 1.78. The van der Waals surface area contributed by atoms with Gasteiger partial charge in [-0.15, -0.1) is 0 Å². The van der Waals surface area contributed by atoms with Crippen molar-refractivity contribution in [1.82, 2.24) is 4.98 Å². The predicted molar refractivity (Wildman–Crippen MR) is 98.8 cm³/mol. The van der Waals surface area contributed by atoms with Crippen LogP contribution in [0, 0.1) is 25.2 Å². The number of nitrogens with zero attached hydrogens (tertiary/aromatic N) is 1. The van der Waals surface area contributed by atoms with E-state index in [-0.39, 0.29) is 29.4 Å². The first-order valence-corrected chi connectivity index (χ1v) is 8.23. The molecule has 0 atom stereocenters. The summed E-state index contributed by atoms with van der Waals surface area (Å²) in [7, 11) is 1.40. The van der Waals surface area contributed by atoms with Crippen LogP contribution in [0.3, 0.4) is 0 Å². The van der Waals surface area contributed by atoms with Gasteiger partial charge in [0, 0.05) is 5.69 Å². The highest BCUT2D eigenvalue weighted by molar-refractivity contribution is 6.15. The number of hydrogen-bond acceptors (Lipinski definition) is 6. The van der Waals surface area contributed by atoms with Gasteiger partial charge in [0.15, 0.2) is 11.5 Å². The number of esters is 1. The molecular weight excluding hydrogens is 348 g/mol. The third-order valence-electron chi connectivity index (χ3n) is 4.02. The lowest BCUT2D eigenvalue weighted by atomic mass is 10.0. The van der Waals surface area contributed by atoms with Crippen LogP contribution in [-0.2, 0) is 4.74 Å². The van der Waals surface area contributed by atoms with Gasteiger partial charge in [-0.2, -0.15) is 5.26 Å². The predicted octanol–water partition coefficient (Wildman–Crippen LogP) is 3.31. The van der Waals surface area contributed by atoms with Crippen LogP contribution < -0.4 is 4.74 Å². The average Bonchev–Trinajstić information content (AvgIpc) is 2.94. The Kier molecular flexibility index (Phi) is 6.03. The third-order valence-corrected chi connectivity index (χ3v) is 4.02. The number of aromatic nitrogens is 1. The van der Waals surface area contributed by atoms with E-state index in [9.17, 15) is 20.0 Å². The highest BCUT2D eigenvalue weighted by Crippen LogP contribution is 2.28. The van der Waals surface area contributed by atoms with Crippen LogP contribution in [0.5, 0.6) is 11.5 Å². The molecule has 140 valence electrons. The highest BCUT2D eigenvalue weighted by Gasteiger charge is 2.24. The number of rotatable bonds is 6. The largest absolute Gasteiger partial charge is 0.504 e. The number of aromatic amines is 1. The van der Waals surface area contributed by atoms with E-state index in [0.29, 0.717) is 22.4 Å². The number of H-pyrrole nitrogens is 1. The minimum Gasteiger partial charge on any atom is -0.504 e. The number of aromatic hydroxyl groups is 1. The quantitative estimate of drug-likeness (QED) is 0.350. The molecule has 2 rings (SSSR count). The SMILES string of the molecule is CCOC(=O)c1c(C)[nH]c(C(=O)C(C#N)=Cc2ccc(O)c(OC)c2)c1C. The lowest BCUT2D eigenvalue weighted by Crippen LogP contribution is -2.08. The van der Waals surface area contributed by atoms with E-state index in [4.69, 9.17) is 9.47 Å². The van der Waals surface area contributed by atoms with E-state index in [2.05, 4.69) is 4.98 Å². The zero-order valence-electron chi connectivity index (χ0n) is 15.5. The first-order valence-electron chi connectivity index (χ1n) is 8.23. The van der Waals surface area contributed by atoms with Crippen molar-refractivity contribution in [1.29, 1.82) is 5.26 Å². The molecule has 0 aliphatic rings. The summed E-state index contributed by atoms with van der Waals surface area (Å²) in [6.45, 7) is 5.21. The van der Waals surface area contributed by atoms with Gasteiger partial charge in [-0.1, -0.05) is 6.07 Å². The zero-order valence-corrected chi connectivity index (χ0v) is 15.5. The number of phenolic OH excluding ortho intramolecular Hbond substituents is 1. The van der Waals surface area contributed by atoms with Gasteiger partial charge in [0.25, 0.3) is 0 Å². The monoisotopic (exact) mass is 368 g/mol. The van der Waals surface area contributed by atoms with E-state index < -0.39 is 11.8 Å². The molecule has 1 heterocycles. The molecule has 0 fully saturated rings. The Labute approximate surface area is 156 Å². The van der Waals surface area contributed by atoms with Crippen LogP contribution in [0.2, 0.25) is 0 Å². The number of carbonyl (C=O) groups is 2. The molecule has 1 aromatic carbocycles. The van der Waals surface area contributed by atoms with Crippen molar-refractivity contribution in [2.75, 3.05) is 13.7 Å². The Balaban J connectivity index is 2.45. The van der Waals surface area contributed by atoms with Crippen molar-refractivity contribution >= 4 is 17.8 Å². The third kappa shape index (κ3) is 4.01. The molecule has 0 aliphatic heterocycles. The van der Waals surface area contributed by atoms with E-state index >= 15 is 0 Å². The molecule has 0 bridgehead atoms. The second-order valence-corrected chi connectivity index (χ2v) is 5.78. The van der Waals surface area contributed by atoms with Gasteiger partial charge in [-0.25, -0.2) is 4.79 Å². The standard InChI is InChI=1S/C20H20N2O5/c1-5-27-20(25)17-11(2)18(22-12(17)3)19(24)14(10-21)8-13-6-7-15(23)16(9-13)26-4/h6-9,22-23H,5H2,1-4H3. The molecule has 7 heteroatoms. The van der Waals surface area contributed by atoms with Crippen molar-refractivity contribution in [2.45, 2.75) is 20.8 Å². The van der Waals surface area contributed by atoms with Crippen molar-refractivity contribution in [3.63, 3.8) is 0 Å². The highest BCUT2D eigenvalue weighted by atomic mass is 16.5. The molecule has 27 heavy (non-hydrogen) atoms. The summed E-state index contributed by atoms with van der Waals surface area (Å²) in [5.74, 6) is -0.881. The fourth-order valence-electron chi connectivity index (χ4n) is 2.72. The number of hydrogen-bond donors (Lipinski definition) is 2. The number of phenols is 1. The number of nitrogens with one attached hydrogen (secondary N) is 1. The first-order chi connectivity index (χ1) is 12.8. The Morgan fingerprint density at radius 2 is 2.04 bits per heavy atom. The van der Waals surface area contributed by atoms with Gasteiger partial charge in [-0.3, -0.25) is 4.79 Å². The number of allylic oxidation sites excluding steroid dienone is 1. The Bertz CT molecular complexity index is 963. The molecule has 0 unspecified atom stereocenters. The Hall–Kier alpha value is -3.53. The van der Waals surface area contributed by atoms with Crippen molar-refractivity contribution in [3.05, 3.63) is 51.9 Å². The molecular formula is C20H20N2O5. The normalized spacial score (nSPS) is 11.0. The molecule has 0 amide bonds. The van der Waals surface area contributed by atoms with E-state index in [1.165, 1.54) is 25.3 Å². The van der Waals surface area contributed by atoms with Crippen LogP contribution >= 0.6 is 0 Å². The van der Waals surface area contributed by atoms with Crippen molar-refractivity contribution in [2.24, 2.45) is 0 Å². The topological polar surface area (TPSA) is 112 Å². The maximum absolute atomic E-state index is 12.8. The number of benzene rings is 1. The van der Waals surface area contributed by atoms with E-state index in [1.807, 2.05) is 6.07 Å². The number of aryl methyl sites for hydroxylation is 1. The minimum absolute atomic E-state index is 0.0469. The van der Waals surface area contributed by atoms with Gasteiger partial charge in [0.1, 0.15) is 11.6 Å². The summed E-state index contributed by atoms with van der Waals surface area (Å²) in [6, 6.07) is 6.36. The number of ketones is 1. The minimum atomic E-state index is -0.541. The average molecular weight is 368 g/mol. The van der Waals surface area contributed by atoms with Crippen molar-refractivity contribution in [3.8, 4) is 17.6 Å². The van der Waals surface area contributed by atoms with Crippen LogP contribution in [0.1, 0.15) is 44.6 Å². The second-order valence-electron chi connectivity index (χ2n) is 5.78. The Morgan fingerprint density at radius 3 is 2.63 bits per heavy atom. The summed E-state index contributed by atoms with van der Waals surface area (Å²) < 4.78 is 10.0. The van der Waals surface area contributed by atoms with Crippen molar-refractivity contribution < 1.29 is 24.2 Å². The molecule has 0 saturated carbocycles. The Morgan fingerprint density at radius 1 is 1.33 bits per heavy atom. The van der Waals surface area contributed by atoms with Gasteiger partial charge in [0.05, 0.1) is 25.0 Å². The number of nitriles is 1. The number of carbonyl (C=O) groups excluding carboxylic acids is 2. The van der Waals surface area contributed by atoms with Gasteiger partial charge in [-0.05, 0) is 50.1 Å². The molecule has 2 aromatic rings. The smallest absolute Gasteiger partial charge is 0.340 e. The molecule has 0 spiro atoms. The number of ether oxygens (including phenoxy) is 2. The number of Topliss-reactive ketones (excluding diaryl/α,β-unsaturated/α-hetero) is 1. The van der Waals surface area contributed by atoms with Crippen LogP contribution in [0.15, 0.2) is 23.8 Å². The van der Waals surface area contributed by atoms with Gasteiger partial charge >= 0.3 is 5.97 Å². The number of methoxy groups -OCH3 is 1. The first kappa shape index (κ1) is 19.8. The fourth-order valence-corrected chi connectivity index (χ4v) is 2.72. The molecule has 2 N–H and O–H groups in total. The summed E-state index contributed by atoms with van der Waals surface area (Å²) >= 11 is 0.